The molecular weight excluding hydrogens is 260 g/mol. The Bertz CT molecular complexity index is 427. The van der Waals surface area contributed by atoms with Crippen molar-refractivity contribution in [2.24, 2.45) is 22.7 Å². The molecule has 3 fully saturated rings. The van der Waals surface area contributed by atoms with Crippen LogP contribution in [0.3, 0.4) is 0 Å². The second kappa shape index (κ2) is 5.08. The van der Waals surface area contributed by atoms with Crippen LogP contribution in [0.4, 0.5) is 0 Å². The SMILES string of the molecule is CC1(C)CCC[C@@]2(C)[C@@H]1CC[C@@]1(C)OCCC(=O)CC[C@@H]21. The Kier molecular flexibility index (Phi) is 3.75. The van der Waals surface area contributed by atoms with Crippen LogP contribution in [0.25, 0.3) is 0 Å². The summed E-state index contributed by atoms with van der Waals surface area (Å²) in [4.78, 5) is 11.9. The van der Waals surface area contributed by atoms with Gasteiger partial charge < -0.3 is 4.74 Å². The summed E-state index contributed by atoms with van der Waals surface area (Å²) in [6.45, 7) is 10.4. The molecule has 0 N–H and O–H groups in total. The molecule has 2 nitrogen and oxygen atoms in total. The molecule has 0 aromatic carbocycles. The van der Waals surface area contributed by atoms with Crippen molar-refractivity contribution >= 4 is 5.78 Å². The molecule has 2 heteroatoms. The largest absolute Gasteiger partial charge is 0.375 e. The van der Waals surface area contributed by atoms with E-state index in [1.807, 2.05) is 0 Å². The van der Waals surface area contributed by atoms with E-state index in [0.717, 1.165) is 18.8 Å². The zero-order valence-electron chi connectivity index (χ0n) is 14.3. The van der Waals surface area contributed by atoms with Crippen molar-refractivity contribution in [1.29, 1.82) is 0 Å². The molecule has 1 saturated heterocycles. The second-order valence-corrected chi connectivity index (χ2v) is 8.98. The third kappa shape index (κ3) is 2.48. The van der Waals surface area contributed by atoms with Crippen LogP contribution in [0.5, 0.6) is 0 Å². The molecule has 120 valence electrons. The van der Waals surface area contributed by atoms with E-state index in [4.69, 9.17) is 4.74 Å². The van der Waals surface area contributed by atoms with Crippen LogP contribution < -0.4 is 0 Å². The molecule has 1 heterocycles. The van der Waals surface area contributed by atoms with Crippen LogP contribution in [-0.2, 0) is 9.53 Å². The Morgan fingerprint density at radius 3 is 2.48 bits per heavy atom. The van der Waals surface area contributed by atoms with Crippen molar-refractivity contribution in [1.82, 2.24) is 0 Å². The Morgan fingerprint density at radius 1 is 0.952 bits per heavy atom. The van der Waals surface area contributed by atoms with Crippen LogP contribution >= 0.6 is 0 Å². The maximum Gasteiger partial charge on any atom is 0.135 e. The highest BCUT2D eigenvalue weighted by Gasteiger charge is 2.58. The van der Waals surface area contributed by atoms with E-state index in [0.29, 0.717) is 35.6 Å². The molecule has 0 amide bonds. The normalized spacial score (nSPS) is 47.0. The molecule has 0 bridgehead atoms. The lowest BCUT2D eigenvalue weighted by Crippen LogP contribution is -2.59. The molecule has 1 aliphatic heterocycles. The van der Waals surface area contributed by atoms with Crippen molar-refractivity contribution in [3.63, 3.8) is 0 Å². The lowest BCUT2D eigenvalue weighted by molar-refractivity contribution is -0.197. The number of ether oxygens (including phenoxy) is 1. The Labute approximate surface area is 130 Å². The smallest absolute Gasteiger partial charge is 0.135 e. The highest BCUT2D eigenvalue weighted by Crippen LogP contribution is 2.63. The standard InChI is InChI=1S/C19H32O2/c1-17(2)10-5-11-18(3)15(17)8-12-19(4)16(18)7-6-14(20)9-13-21-19/h15-16H,5-13H2,1-4H3/t15-,16+,18+,19-/m1/s1. The quantitative estimate of drug-likeness (QED) is 0.643. The van der Waals surface area contributed by atoms with Crippen LogP contribution in [0, 0.1) is 22.7 Å². The summed E-state index contributed by atoms with van der Waals surface area (Å²) in [5.74, 6) is 1.74. The van der Waals surface area contributed by atoms with Crippen LogP contribution in [0.15, 0.2) is 0 Å². The summed E-state index contributed by atoms with van der Waals surface area (Å²) in [6, 6.07) is 0. The monoisotopic (exact) mass is 292 g/mol. The molecule has 0 radical (unpaired) electrons. The zero-order valence-corrected chi connectivity index (χ0v) is 14.3. The summed E-state index contributed by atoms with van der Waals surface area (Å²) in [5.41, 5.74) is 0.798. The minimum Gasteiger partial charge on any atom is -0.375 e. The first-order valence-corrected chi connectivity index (χ1v) is 8.94. The van der Waals surface area contributed by atoms with Crippen molar-refractivity contribution in [2.75, 3.05) is 6.61 Å². The molecule has 0 aromatic rings. The van der Waals surface area contributed by atoms with Crippen molar-refractivity contribution in [2.45, 2.75) is 84.7 Å². The number of ketones is 1. The fourth-order valence-electron chi connectivity index (χ4n) is 6.24. The van der Waals surface area contributed by atoms with Crippen LogP contribution in [0.1, 0.15) is 79.1 Å². The van der Waals surface area contributed by atoms with Crippen LogP contribution in [-0.4, -0.2) is 18.0 Å². The molecule has 21 heavy (non-hydrogen) atoms. The third-order valence-electron chi connectivity index (χ3n) is 7.26. The van der Waals surface area contributed by atoms with Crippen molar-refractivity contribution in [3.05, 3.63) is 0 Å². The molecule has 0 unspecified atom stereocenters. The van der Waals surface area contributed by atoms with Crippen molar-refractivity contribution < 1.29 is 9.53 Å². The Balaban J connectivity index is 1.95. The molecule has 2 saturated carbocycles. The van der Waals surface area contributed by atoms with E-state index in [9.17, 15) is 4.79 Å². The Hall–Kier alpha value is -0.370. The Morgan fingerprint density at radius 2 is 1.71 bits per heavy atom. The van der Waals surface area contributed by atoms with Gasteiger partial charge >= 0.3 is 0 Å². The summed E-state index contributed by atoms with van der Waals surface area (Å²) in [6.07, 6.45) is 8.91. The summed E-state index contributed by atoms with van der Waals surface area (Å²) in [5, 5.41) is 0. The minimum absolute atomic E-state index is 0.000625. The van der Waals surface area contributed by atoms with Gasteiger partial charge in [-0.3, -0.25) is 4.79 Å². The number of hydrogen-bond donors (Lipinski definition) is 0. The van der Waals surface area contributed by atoms with Gasteiger partial charge in [-0.15, -0.1) is 0 Å². The molecule has 3 aliphatic rings. The zero-order chi connectivity index (χ0) is 15.3. The summed E-state index contributed by atoms with van der Waals surface area (Å²) < 4.78 is 6.31. The predicted molar refractivity (Wildman–Crippen MR) is 85.2 cm³/mol. The van der Waals surface area contributed by atoms with Crippen molar-refractivity contribution in [3.8, 4) is 0 Å². The number of fused-ring (bicyclic) bond motifs is 3. The molecular formula is C19H32O2. The van der Waals surface area contributed by atoms with E-state index in [2.05, 4.69) is 27.7 Å². The van der Waals surface area contributed by atoms with Crippen LogP contribution in [0.2, 0.25) is 0 Å². The number of carbonyl (C=O) groups excluding carboxylic acids is 1. The summed E-state index contributed by atoms with van der Waals surface area (Å²) >= 11 is 0. The molecule has 0 spiro atoms. The second-order valence-electron chi connectivity index (χ2n) is 8.98. The molecule has 3 rings (SSSR count). The lowest BCUT2D eigenvalue weighted by Gasteiger charge is -2.62. The first-order chi connectivity index (χ1) is 9.78. The minimum atomic E-state index is -0.000625. The third-order valence-corrected chi connectivity index (χ3v) is 7.26. The topological polar surface area (TPSA) is 26.3 Å². The number of carbonyl (C=O) groups is 1. The van der Waals surface area contributed by atoms with E-state index in [1.54, 1.807) is 0 Å². The van der Waals surface area contributed by atoms with Gasteiger partial charge in [-0.25, -0.2) is 0 Å². The fraction of sp³-hybridized carbons (Fsp3) is 0.947. The fourth-order valence-corrected chi connectivity index (χ4v) is 6.24. The maximum absolute atomic E-state index is 11.9. The van der Waals surface area contributed by atoms with Gasteiger partial charge in [-0.2, -0.15) is 0 Å². The van der Waals surface area contributed by atoms with Gasteiger partial charge in [0.2, 0.25) is 0 Å². The van der Waals surface area contributed by atoms with Gasteiger partial charge in [0.15, 0.2) is 0 Å². The van der Waals surface area contributed by atoms with E-state index >= 15 is 0 Å². The molecule has 2 aliphatic carbocycles. The number of Topliss-reactive ketones (excluding diaryl/α,β-unsaturated/α-hetero) is 1. The summed E-state index contributed by atoms with van der Waals surface area (Å²) in [7, 11) is 0. The van der Waals surface area contributed by atoms with E-state index in [1.165, 1.54) is 32.1 Å². The average molecular weight is 292 g/mol. The van der Waals surface area contributed by atoms with Gasteiger partial charge in [-0.1, -0.05) is 27.2 Å². The van der Waals surface area contributed by atoms with Gasteiger partial charge in [0.1, 0.15) is 5.78 Å². The predicted octanol–water partition coefficient (Wildman–Crippen LogP) is 4.76. The highest BCUT2D eigenvalue weighted by molar-refractivity contribution is 5.78. The van der Waals surface area contributed by atoms with Gasteiger partial charge in [0.05, 0.1) is 12.2 Å². The first-order valence-electron chi connectivity index (χ1n) is 8.94. The molecule has 0 aromatic heterocycles. The van der Waals surface area contributed by atoms with E-state index < -0.39 is 0 Å². The van der Waals surface area contributed by atoms with E-state index in [-0.39, 0.29) is 5.60 Å². The lowest BCUT2D eigenvalue weighted by atomic mass is 9.45. The van der Waals surface area contributed by atoms with Gasteiger partial charge in [-0.05, 0) is 61.7 Å². The first kappa shape index (κ1) is 15.5. The average Bonchev–Trinajstić information content (AvgIpc) is 2.34. The van der Waals surface area contributed by atoms with Gasteiger partial charge in [0.25, 0.3) is 0 Å². The number of rotatable bonds is 0. The van der Waals surface area contributed by atoms with Gasteiger partial charge in [0, 0.05) is 12.8 Å². The number of hydrogen-bond acceptors (Lipinski definition) is 2. The molecule has 4 atom stereocenters. The maximum atomic E-state index is 11.9. The highest BCUT2D eigenvalue weighted by atomic mass is 16.5.